The Kier molecular flexibility index (Phi) is 6.86. The Balaban J connectivity index is 1.34. The maximum absolute atomic E-state index is 12.2. The largest absolute Gasteiger partial charge is 0.423 e. The van der Waals surface area contributed by atoms with Crippen molar-refractivity contribution in [1.29, 1.82) is 0 Å². The fourth-order valence-electron chi connectivity index (χ4n) is 2.77. The Hall–Kier alpha value is -3.89. The van der Waals surface area contributed by atoms with Gasteiger partial charge in [0, 0.05) is 27.5 Å². The quantitative estimate of drug-likeness (QED) is 0.102. The number of carbonyl (C=O) groups excluding carboxylic acids is 1. The van der Waals surface area contributed by atoms with Crippen LogP contribution in [0.5, 0.6) is 5.75 Å². The molecule has 0 saturated carbocycles. The third-order valence-electron chi connectivity index (χ3n) is 4.40. The molecule has 0 radical (unpaired) electrons. The van der Waals surface area contributed by atoms with Crippen molar-refractivity contribution in [3.63, 3.8) is 0 Å². The second kappa shape index (κ2) is 10.2. The third kappa shape index (κ3) is 5.88. The van der Waals surface area contributed by atoms with Gasteiger partial charge in [-0.25, -0.2) is 9.78 Å². The zero-order valence-electron chi connectivity index (χ0n) is 16.8. The first kappa shape index (κ1) is 22.3. The van der Waals surface area contributed by atoms with Crippen molar-refractivity contribution in [3.8, 4) is 17.0 Å². The molecule has 8 nitrogen and oxygen atoms in total. The molecule has 0 saturated heterocycles. The van der Waals surface area contributed by atoms with E-state index in [1.165, 1.54) is 35.6 Å². The smallest absolute Gasteiger partial charge is 0.343 e. The number of thiazole rings is 1. The Morgan fingerprint density at radius 1 is 1.12 bits per heavy atom. The first-order chi connectivity index (χ1) is 16.0. The van der Waals surface area contributed by atoms with Gasteiger partial charge in [0.2, 0.25) is 5.13 Å². The summed E-state index contributed by atoms with van der Waals surface area (Å²) in [7, 11) is 0. The zero-order valence-corrected chi connectivity index (χ0v) is 19.2. The van der Waals surface area contributed by atoms with Crippen LogP contribution in [-0.2, 0) is 0 Å². The number of carbonyl (C=O) groups is 1. The van der Waals surface area contributed by atoms with Crippen LogP contribution in [0.25, 0.3) is 11.3 Å². The number of hydrogen-bond donors (Lipinski definition) is 1. The summed E-state index contributed by atoms with van der Waals surface area (Å²) in [6, 6.07) is 20.0. The Morgan fingerprint density at radius 2 is 1.88 bits per heavy atom. The summed E-state index contributed by atoms with van der Waals surface area (Å²) < 4.78 is 6.29. The van der Waals surface area contributed by atoms with E-state index >= 15 is 0 Å². The number of benzene rings is 3. The van der Waals surface area contributed by atoms with Crippen molar-refractivity contribution in [2.24, 2.45) is 5.10 Å². The van der Waals surface area contributed by atoms with Crippen molar-refractivity contribution < 1.29 is 14.5 Å². The molecule has 0 spiro atoms. The Labute approximate surface area is 200 Å². The highest BCUT2D eigenvalue weighted by atomic mass is 79.9. The number of ether oxygens (including phenoxy) is 1. The molecule has 0 aliphatic heterocycles. The summed E-state index contributed by atoms with van der Waals surface area (Å²) in [5.74, 6) is -0.359. The number of nitrogens with zero attached hydrogens (tertiary/aromatic N) is 3. The van der Waals surface area contributed by atoms with Gasteiger partial charge >= 0.3 is 5.97 Å². The average molecular weight is 523 g/mol. The number of aromatic nitrogens is 1. The molecule has 0 atom stereocenters. The number of halogens is 1. The molecular formula is C23H15BrN4O4S. The third-order valence-corrected chi connectivity index (χ3v) is 5.68. The molecule has 164 valence electrons. The molecule has 0 fully saturated rings. The fraction of sp³-hybridized carbons (Fsp3) is 0. The van der Waals surface area contributed by atoms with Gasteiger partial charge in [0.1, 0.15) is 5.75 Å². The van der Waals surface area contributed by atoms with Gasteiger partial charge in [-0.15, -0.1) is 11.3 Å². The van der Waals surface area contributed by atoms with Crippen LogP contribution in [-0.4, -0.2) is 22.1 Å². The Morgan fingerprint density at radius 3 is 2.61 bits per heavy atom. The van der Waals surface area contributed by atoms with Crippen LogP contribution in [0.15, 0.2) is 87.8 Å². The molecule has 4 rings (SSSR count). The van der Waals surface area contributed by atoms with E-state index in [1.807, 2.05) is 29.6 Å². The Bertz CT molecular complexity index is 1320. The molecule has 10 heteroatoms. The molecule has 1 heterocycles. The molecule has 0 bridgehead atoms. The average Bonchev–Trinajstić information content (AvgIpc) is 3.29. The summed E-state index contributed by atoms with van der Waals surface area (Å²) in [6.07, 6.45) is 1.62. The minimum atomic E-state index is -0.674. The number of non-ortho nitro benzene ring substituents is 1. The topological polar surface area (TPSA) is 107 Å². The van der Waals surface area contributed by atoms with Crippen molar-refractivity contribution in [2.75, 3.05) is 5.43 Å². The lowest BCUT2D eigenvalue weighted by atomic mass is 10.2. The van der Waals surface area contributed by atoms with E-state index in [0.29, 0.717) is 10.9 Å². The lowest BCUT2D eigenvalue weighted by Gasteiger charge is -2.04. The van der Waals surface area contributed by atoms with E-state index in [4.69, 9.17) is 4.74 Å². The van der Waals surface area contributed by atoms with Crippen molar-refractivity contribution in [1.82, 2.24) is 4.98 Å². The highest BCUT2D eigenvalue weighted by Gasteiger charge is 2.13. The van der Waals surface area contributed by atoms with Crippen LogP contribution >= 0.6 is 27.3 Å². The summed E-state index contributed by atoms with van der Waals surface area (Å²) in [5, 5.41) is 17.7. The molecule has 1 N–H and O–H groups in total. The van der Waals surface area contributed by atoms with E-state index in [-0.39, 0.29) is 11.3 Å². The molecule has 4 aromatic rings. The number of nitro groups is 1. The molecule has 0 unspecified atom stereocenters. The van der Waals surface area contributed by atoms with E-state index in [2.05, 4.69) is 31.4 Å². The van der Waals surface area contributed by atoms with Crippen molar-refractivity contribution in [3.05, 3.63) is 104 Å². The molecular weight excluding hydrogens is 508 g/mol. The van der Waals surface area contributed by atoms with Crippen molar-refractivity contribution in [2.45, 2.75) is 0 Å². The number of hydrazone groups is 1. The lowest BCUT2D eigenvalue weighted by molar-refractivity contribution is -0.384. The van der Waals surface area contributed by atoms with E-state index < -0.39 is 10.9 Å². The normalized spacial score (nSPS) is 10.8. The van der Waals surface area contributed by atoms with Gasteiger partial charge in [-0.1, -0.05) is 34.1 Å². The number of nitrogens with one attached hydrogen (secondary N) is 1. The van der Waals surface area contributed by atoms with Gasteiger partial charge in [-0.2, -0.15) is 5.10 Å². The monoisotopic (exact) mass is 522 g/mol. The minimum Gasteiger partial charge on any atom is -0.423 e. The summed E-state index contributed by atoms with van der Waals surface area (Å²) in [4.78, 5) is 27.0. The maximum atomic E-state index is 12.2. The van der Waals surface area contributed by atoms with Gasteiger partial charge in [0.15, 0.2) is 0 Å². The summed E-state index contributed by atoms with van der Waals surface area (Å²) >= 11 is 4.86. The second-order valence-electron chi connectivity index (χ2n) is 6.68. The number of nitro benzene ring substituents is 1. The SMILES string of the molecule is O=C(Oc1ccc(/C=N\Nc2nc(-c3ccc(Br)cc3)cs2)cc1)c1cccc([N+](=O)[O-])c1. The van der Waals surface area contributed by atoms with Crippen LogP contribution < -0.4 is 10.2 Å². The van der Waals surface area contributed by atoms with Crippen LogP contribution in [0.1, 0.15) is 15.9 Å². The van der Waals surface area contributed by atoms with Gasteiger partial charge < -0.3 is 4.74 Å². The molecule has 0 amide bonds. The molecule has 3 aromatic carbocycles. The number of anilines is 1. The highest BCUT2D eigenvalue weighted by molar-refractivity contribution is 9.10. The lowest BCUT2D eigenvalue weighted by Crippen LogP contribution is -2.08. The zero-order chi connectivity index (χ0) is 23.2. The van der Waals surface area contributed by atoms with Gasteiger partial charge in [0.25, 0.3) is 5.69 Å². The number of hydrogen-bond acceptors (Lipinski definition) is 8. The minimum absolute atomic E-state index is 0.102. The fourth-order valence-corrected chi connectivity index (χ4v) is 3.71. The number of esters is 1. The predicted molar refractivity (Wildman–Crippen MR) is 131 cm³/mol. The molecule has 0 aliphatic carbocycles. The summed E-state index contributed by atoms with van der Waals surface area (Å²) in [6.45, 7) is 0. The van der Waals surface area contributed by atoms with E-state index in [9.17, 15) is 14.9 Å². The number of rotatable bonds is 7. The first-order valence-corrected chi connectivity index (χ1v) is 11.2. The van der Waals surface area contributed by atoms with Gasteiger partial charge in [0.05, 0.1) is 22.4 Å². The maximum Gasteiger partial charge on any atom is 0.343 e. The predicted octanol–water partition coefficient (Wildman–Crippen LogP) is 6.15. The summed E-state index contributed by atoms with van der Waals surface area (Å²) in [5.41, 5.74) is 5.49. The highest BCUT2D eigenvalue weighted by Crippen LogP contribution is 2.26. The molecule has 0 aliphatic rings. The van der Waals surface area contributed by atoms with Crippen LogP contribution in [0.4, 0.5) is 10.8 Å². The standard InChI is InChI=1S/C23H15BrN4O4S/c24-18-8-6-16(7-9-18)21-14-33-23(26-21)27-25-13-15-4-10-20(11-5-15)32-22(29)17-2-1-3-19(12-17)28(30)31/h1-14H,(H,26,27)/b25-13-. The van der Waals surface area contributed by atoms with E-state index in [1.54, 1.807) is 30.5 Å². The molecule has 1 aromatic heterocycles. The first-order valence-electron chi connectivity index (χ1n) is 9.55. The van der Waals surface area contributed by atoms with Crippen molar-refractivity contribution >= 4 is 50.3 Å². The van der Waals surface area contributed by atoms with Crippen LogP contribution in [0.2, 0.25) is 0 Å². The molecule has 33 heavy (non-hydrogen) atoms. The second-order valence-corrected chi connectivity index (χ2v) is 8.45. The van der Waals surface area contributed by atoms with Crippen LogP contribution in [0.3, 0.4) is 0 Å². The van der Waals surface area contributed by atoms with Crippen LogP contribution in [0, 0.1) is 10.1 Å². The van der Waals surface area contributed by atoms with Gasteiger partial charge in [-0.05, 0) is 48.0 Å². The van der Waals surface area contributed by atoms with Gasteiger partial charge in [-0.3, -0.25) is 15.5 Å². The van der Waals surface area contributed by atoms with E-state index in [0.717, 1.165) is 21.3 Å².